The highest BCUT2D eigenvalue weighted by atomic mass is 35.5. The number of amides is 2. The third kappa shape index (κ3) is 6.09. The summed E-state index contributed by atoms with van der Waals surface area (Å²) in [6, 6.07) is 13.6. The quantitative estimate of drug-likeness (QED) is 0.507. The average molecular weight is 504 g/mol. The number of rotatable bonds is 8. The van der Waals surface area contributed by atoms with Crippen molar-refractivity contribution in [1.82, 2.24) is 15.5 Å². The first kappa shape index (κ1) is 24.5. The number of piperidine rings is 1. The monoisotopic (exact) mass is 503 g/mol. The predicted molar refractivity (Wildman–Crippen MR) is 130 cm³/mol. The summed E-state index contributed by atoms with van der Waals surface area (Å²) in [5, 5.41) is 15.9. The van der Waals surface area contributed by atoms with Crippen molar-refractivity contribution in [3.05, 3.63) is 69.7 Å². The van der Waals surface area contributed by atoms with Crippen LogP contribution in [0, 0.1) is 0 Å². The van der Waals surface area contributed by atoms with E-state index in [0.717, 1.165) is 32.2 Å². The smallest absolute Gasteiger partial charge is 0.305 e. The number of nitrogens with zero attached hydrogens (tertiary/aromatic N) is 1. The molecule has 7 nitrogen and oxygen atoms in total. The van der Waals surface area contributed by atoms with Crippen LogP contribution in [0.3, 0.4) is 0 Å². The molecule has 3 N–H and O–H groups in total. The minimum absolute atomic E-state index is 0.0640. The normalized spacial score (nSPS) is 22.7. The second-order valence-electron chi connectivity index (χ2n) is 8.99. The lowest BCUT2D eigenvalue weighted by atomic mass is 9.96. The predicted octanol–water partition coefficient (Wildman–Crippen LogP) is 3.88. The third-order valence-corrected chi connectivity index (χ3v) is 7.08. The molecule has 2 aliphatic rings. The fourth-order valence-electron chi connectivity index (χ4n) is 5.01. The number of fused-ring (bicyclic) bond motifs is 2. The van der Waals surface area contributed by atoms with Crippen LogP contribution in [0.4, 0.5) is 0 Å². The molecule has 2 saturated heterocycles. The summed E-state index contributed by atoms with van der Waals surface area (Å²) in [4.78, 5) is 39.4. The summed E-state index contributed by atoms with van der Waals surface area (Å²) in [6.07, 6.45) is 3.21. The van der Waals surface area contributed by atoms with Gasteiger partial charge in [-0.05, 0) is 61.6 Å². The van der Waals surface area contributed by atoms with Gasteiger partial charge in [0, 0.05) is 40.3 Å². The zero-order chi connectivity index (χ0) is 24.2. The van der Waals surface area contributed by atoms with Crippen LogP contribution in [0.15, 0.2) is 48.5 Å². The second kappa shape index (κ2) is 10.8. The molecule has 0 aliphatic carbocycles. The van der Waals surface area contributed by atoms with Gasteiger partial charge in [-0.15, -0.1) is 0 Å². The van der Waals surface area contributed by atoms with Gasteiger partial charge in [-0.3, -0.25) is 19.3 Å². The Bertz CT molecular complexity index is 1050. The van der Waals surface area contributed by atoms with Gasteiger partial charge in [0.1, 0.15) is 6.04 Å². The molecule has 1 unspecified atom stereocenters. The maximum atomic E-state index is 13.0. The summed E-state index contributed by atoms with van der Waals surface area (Å²) in [5.74, 6) is -2.18. The Morgan fingerprint density at radius 1 is 1.00 bits per heavy atom. The summed E-state index contributed by atoms with van der Waals surface area (Å²) >= 11 is 11.9. The van der Waals surface area contributed by atoms with E-state index in [1.54, 1.807) is 18.2 Å². The lowest BCUT2D eigenvalue weighted by Crippen LogP contribution is -2.54. The van der Waals surface area contributed by atoms with Gasteiger partial charge in [0.25, 0.3) is 5.91 Å². The molecule has 2 aromatic carbocycles. The van der Waals surface area contributed by atoms with Gasteiger partial charge in [-0.1, -0.05) is 41.4 Å². The SMILES string of the molecule is O=C(O)C[C@@H](NC(=O)c1cccc(Cl)c1)C(=O)NC1C[C@H]2CC[C@@H](C1)N2Cc1ccc(Cl)cc1. The van der Waals surface area contributed by atoms with Crippen molar-refractivity contribution in [1.29, 1.82) is 0 Å². The molecule has 34 heavy (non-hydrogen) atoms. The highest BCUT2D eigenvalue weighted by molar-refractivity contribution is 6.31. The van der Waals surface area contributed by atoms with Crippen molar-refractivity contribution >= 4 is 41.0 Å². The fourth-order valence-corrected chi connectivity index (χ4v) is 5.32. The highest BCUT2D eigenvalue weighted by Gasteiger charge is 2.41. The van der Waals surface area contributed by atoms with Crippen LogP contribution in [-0.4, -0.2) is 52.0 Å². The number of hydrogen-bond acceptors (Lipinski definition) is 4. The van der Waals surface area contributed by atoms with E-state index >= 15 is 0 Å². The number of aliphatic carboxylic acids is 1. The van der Waals surface area contributed by atoms with Crippen molar-refractivity contribution < 1.29 is 19.5 Å². The van der Waals surface area contributed by atoms with Gasteiger partial charge < -0.3 is 15.7 Å². The Hall–Kier alpha value is -2.61. The molecule has 2 aromatic rings. The zero-order valence-corrected chi connectivity index (χ0v) is 20.1. The summed E-state index contributed by atoms with van der Waals surface area (Å²) in [6.45, 7) is 0.838. The number of halogens is 2. The lowest BCUT2D eigenvalue weighted by Gasteiger charge is -2.39. The van der Waals surface area contributed by atoms with Crippen molar-refractivity contribution in [3.63, 3.8) is 0 Å². The molecule has 2 amide bonds. The molecule has 2 bridgehead atoms. The molecule has 4 atom stereocenters. The van der Waals surface area contributed by atoms with E-state index in [-0.39, 0.29) is 11.6 Å². The van der Waals surface area contributed by atoms with E-state index < -0.39 is 30.2 Å². The van der Waals surface area contributed by atoms with Gasteiger partial charge in [0.05, 0.1) is 6.42 Å². The van der Waals surface area contributed by atoms with E-state index in [4.69, 9.17) is 23.2 Å². The minimum atomic E-state index is -1.17. The molecule has 4 rings (SSSR count). The highest BCUT2D eigenvalue weighted by Crippen LogP contribution is 2.37. The second-order valence-corrected chi connectivity index (χ2v) is 9.87. The van der Waals surface area contributed by atoms with Crippen molar-refractivity contribution in [3.8, 4) is 0 Å². The molecule has 0 aromatic heterocycles. The number of carbonyl (C=O) groups is 3. The molecule has 2 aliphatic heterocycles. The molecule has 180 valence electrons. The summed E-state index contributed by atoms with van der Waals surface area (Å²) < 4.78 is 0. The van der Waals surface area contributed by atoms with Crippen LogP contribution in [0.5, 0.6) is 0 Å². The molecule has 2 fully saturated rings. The van der Waals surface area contributed by atoms with Gasteiger partial charge >= 0.3 is 5.97 Å². The molecule has 0 radical (unpaired) electrons. The summed E-state index contributed by atoms with van der Waals surface area (Å²) in [5.41, 5.74) is 1.47. The van der Waals surface area contributed by atoms with Crippen molar-refractivity contribution in [2.24, 2.45) is 0 Å². The van der Waals surface area contributed by atoms with Gasteiger partial charge in [-0.2, -0.15) is 0 Å². The van der Waals surface area contributed by atoms with Gasteiger partial charge in [-0.25, -0.2) is 0 Å². The van der Waals surface area contributed by atoms with Crippen LogP contribution in [0.25, 0.3) is 0 Å². The number of carbonyl (C=O) groups excluding carboxylic acids is 2. The Labute approximate surface area is 208 Å². The molecular weight excluding hydrogens is 477 g/mol. The number of benzene rings is 2. The van der Waals surface area contributed by atoms with E-state index in [0.29, 0.717) is 22.1 Å². The Balaban J connectivity index is 1.37. The maximum Gasteiger partial charge on any atom is 0.305 e. The molecule has 9 heteroatoms. The number of hydrogen-bond donors (Lipinski definition) is 3. The van der Waals surface area contributed by atoms with Crippen LogP contribution >= 0.6 is 23.2 Å². The van der Waals surface area contributed by atoms with Gasteiger partial charge in [0.2, 0.25) is 5.91 Å². The maximum absolute atomic E-state index is 13.0. The number of nitrogens with one attached hydrogen (secondary N) is 2. The zero-order valence-electron chi connectivity index (χ0n) is 18.5. The number of carboxylic acids is 1. The first-order valence-electron chi connectivity index (χ1n) is 11.4. The van der Waals surface area contributed by atoms with E-state index in [9.17, 15) is 19.5 Å². The topological polar surface area (TPSA) is 98.7 Å². The Kier molecular flexibility index (Phi) is 7.76. The average Bonchev–Trinajstić information content (AvgIpc) is 3.01. The van der Waals surface area contributed by atoms with Crippen LogP contribution in [-0.2, 0) is 16.1 Å². The Morgan fingerprint density at radius 3 is 2.29 bits per heavy atom. The van der Waals surface area contributed by atoms with Crippen molar-refractivity contribution in [2.45, 2.75) is 62.8 Å². The molecule has 0 saturated carbocycles. The van der Waals surface area contributed by atoms with E-state index in [1.165, 1.54) is 11.6 Å². The molecular formula is C25H27Cl2N3O4. The molecule has 2 heterocycles. The fraction of sp³-hybridized carbons (Fsp3) is 0.400. The van der Waals surface area contributed by atoms with Crippen LogP contribution in [0.2, 0.25) is 10.0 Å². The standard InChI is InChI=1S/C25H27Cl2N3O4/c26-17-6-4-15(5-7-17)14-30-20-8-9-21(30)12-19(11-20)28-25(34)22(13-23(31)32)29-24(33)16-2-1-3-18(27)10-16/h1-7,10,19-22H,8-9,11-14H2,(H,28,34)(H,29,33)(H,31,32)/t19?,20-,21+,22-/m1/s1. The largest absolute Gasteiger partial charge is 0.481 e. The lowest BCUT2D eigenvalue weighted by molar-refractivity contribution is -0.140. The number of carboxylic acid groups (broad SMARTS) is 1. The van der Waals surface area contributed by atoms with E-state index in [2.05, 4.69) is 15.5 Å². The first-order valence-corrected chi connectivity index (χ1v) is 12.1. The van der Waals surface area contributed by atoms with Gasteiger partial charge in [0.15, 0.2) is 0 Å². The van der Waals surface area contributed by atoms with Crippen LogP contribution < -0.4 is 10.6 Å². The molecule has 0 spiro atoms. The van der Waals surface area contributed by atoms with Crippen molar-refractivity contribution in [2.75, 3.05) is 0 Å². The summed E-state index contributed by atoms with van der Waals surface area (Å²) in [7, 11) is 0. The van der Waals surface area contributed by atoms with Crippen LogP contribution in [0.1, 0.15) is 48.0 Å². The Morgan fingerprint density at radius 2 is 1.68 bits per heavy atom. The first-order chi connectivity index (χ1) is 16.3. The van der Waals surface area contributed by atoms with E-state index in [1.807, 2.05) is 24.3 Å². The minimum Gasteiger partial charge on any atom is -0.481 e. The third-order valence-electron chi connectivity index (χ3n) is 6.60.